The van der Waals surface area contributed by atoms with Gasteiger partial charge >= 0.3 is 5.97 Å². The fraction of sp³-hybridized carbons (Fsp3) is 0.432. The molecule has 0 unspecified atom stereocenters. The third kappa shape index (κ3) is 7.03. The highest BCUT2D eigenvalue weighted by Crippen LogP contribution is 2.37. The number of aliphatic hydroxyl groups is 3. The van der Waals surface area contributed by atoms with Gasteiger partial charge in [0, 0.05) is 18.8 Å². The van der Waals surface area contributed by atoms with Gasteiger partial charge < -0.3 is 20.1 Å². The summed E-state index contributed by atoms with van der Waals surface area (Å²) in [5.41, 5.74) is 1.02. The van der Waals surface area contributed by atoms with Crippen molar-refractivity contribution >= 4 is 38.3 Å². The first-order valence-corrected chi connectivity index (χ1v) is 15.6. The van der Waals surface area contributed by atoms with E-state index in [1.807, 2.05) is 18.2 Å². The number of unbranched alkanes of at least 4 members (excludes halogenated alkanes) is 3. The molecule has 42 heavy (non-hydrogen) atoms. The number of carbonyl (C=O) groups excluding carboxylic acids is 1. The monoisotopic (exact) mass is 568 g/mol. The third-order valence-corrected chi connectivity index (χ3v) is 8.91. The van der Waals surface area contributed by atoms with Crippen LogP contribution in [0.2, 0.25) is 0 Å². The van der Waals surface area contributed by atoms with Crippen molar-refractivity contribution in [2.75, 3.05) is 0 Å². The average molecular weight is 569 g/mol. The molecule has 1 fully saturated rings. The molecule has 5 heteroatoms. The van der Waals surface area contributed by atoms with Crippen LogP contribution in [0.1, 0.15) is 70.3 Å². The van der Waals surface area contributed by atoms with Gasteiger partial charge in [-0.05, 0) is 69.5 Å². The molecular weight excluding hydrogens is 524 g/mol. The lowest BCUT2D eigenvalue weighted by atomic mass is 9.89. The molecule has 1 aliphatic rings. The van der Waals surface area contributed by atoms with Crippen molar-refractivity contribution in [1.29, 1.82) is 0 Å². The van der Waals surface area contributed by atoms with Crippen molar-refractivity contribution in [1.82, 2.24) is 0 Å². The number of hydrogen-bond donors (Lipinski definition) is 3. The molecule has 5 atom stereocenters. The maximum Gasteiger partial charge on any atom is 0.306 e. The Kier molecular flexibility index (Phi) is 10.3. The number of rotatable bonds is 14. The van der Waals surface area contributed by atoms with Crippen LogP contribution in [0.25, 0.3) is 32.3 Å². The average Bonchev–Trinajstić information content (AvgIpc) is 3.27. The van der Waals surface area contributed by atoms with E-state index in [2.05, 4.69) is 61.5 Å². The van der Waals surface area contributed by atoms with Crippen molar-refractivity contribution < 1.29 is 24.9 Å². The molecule has 3 N–H and O–H groups in total. The minimum Gasteiger partial charge on any atom is -0.461 e. The molecule has 0 amide bonds. The quantitative estimate of drug-likeness (QED) is 0.0631. The van der Waals surface area contributed by atoms with E-state index < -0.39 is 18.3 Å². The molecule has 0 radical (unpaired) electrons. The normalized spacial score (nSPS) is 21.9. The summed E-state index contributed by atoms with van der Waals surface area (Å²) in [4.78, 5) is 12.5. The maximum absolute atomic E-state index is 12.5. The van der Waals surface area contributed by atoms with Crippen LogP contribution in [-0.4, -0.2) is 39.6 Å². The Balaban J connectivity index is 1.08. The standard InChI is InChI=1S/C37H44O5/c1-2-3-6-12-29(38)20-22-32-31(33(39)23-34(32)40)13-7-4-5-8-14-35(41)42-24-28-18-17-27-16-15-25-10-9-11-26-19-21-30(28)37(27)36(25)26/h4,7,9-11,15-22,29,31-34,38-40H,2-3,5-6,8,12-14,23-24H2,1H3/b7-4-,22-20+/t29-,31+,32+,33-,34-/m0/s1. The second-order valence-electron chi connectivity index (χ2n) is 11.9. The molecular formula is C37H44O5. The molecule has 222 valence electrons. The van der Waals surface area contributed by atoms with E-state index in [-0.39, 0.29) is 24.4 Å². The van der Waals surface area contributed by atoms with Crippen LogP contribution in [-0.2, 0) is 16.1 Å². The zero-order valence-electron chi connectivity index (χ0n) is 24.6. The Labute approximate surface area is 248 Å². The summed E-state index contributed by atoms with van der Waals surface area (Å²) >= 11 is 0. The summed E-state index contributed by atoms with van der Waals surface area (Å²) in [5.74, 6) is -0.447. The van der Waals surface area contributed by atoms with Crippen molar-refractivity contribution in [3.05, 3.63) is 84.5 Å². The number of ether oxygens (including phenoxy) is 1. The number of aliphatic hydroxyl groups excluding tert-OH is 3. The van der Waals surface area contributed by atoms with E-state index >= 15 is 0 Å². The Hall–Kier alpha value is -3.25. The summed E-state index contributed by atoms with van der Waals surface area (Å²) in [7, 11) is 0. The van der Waals surface area contributed by atoms with E-state index in [0.717, 1.165) is 43.1 Å². The summed E-state index contributed by atoms with van der Waals surface area (Å²) in [6, 6.07) is 19.1. The smallest absolute Gasteiger partial charge is 0.306 e. The van der Waals surface area contributed by atoms with Gasteiger partial charge in [0.05, 0.1) is 18.3 Å². The summed E-state index contributed by atoms with van der Waals surface area (Å²) < 4.78 is 5.67. The zero-order chi connectivity index (χ0) is 29.5. The van der Waals surface area contributed by atoms with Gasteiger partial charge in [0.25, 0.3) is 0 Å². The van der Waals surface area contributed by atoms with Crippen LogP contribution in [0.15, 0.2) is 78.9 Å². The lowest BCUT2D eigenvalue weighted by molar-refractivity contribution is -0.145. The Morgan fingerprint density at radius 1 is 0.929 bits per heavy atom. The molecule has 5 nitrogen and oxygen atoms in total. The van der Waals surface area contributed by atoms with E-state index in [1.165, 1.54) is 26.9 Å². The molecule has 4 aromatic carbocycles. The maximum atomic E-state index is 12.5. The Bertz CT molecular complexity index is 1510. The van der Waals surface area contributed by atoms with Gasteiger partial charge in [-0.15, -0.1) is 0 Å². The molecule has 5 rings (SSSR count). The number of esters is 1. The van der Waals surface area contributed by atoms with E-state index in [0.29, 0.717) is 25.7 Å². The van der Waals surface area contributed by atoms with Crippen LogP contribution in [0.3, 0.4) is 0 Å². The predicted molar refractivity (Wildman–Crippen MR) is 170 cm³/mol. The van der Waals surface area contributed by atoms with E-state index in [1.54, 1.807) is 6.08 Å². The molecule has 0 bridgehead atoms. The van der Waals surface area contributed by atoms with Crippen LogP contribution in [0.4, 0.5) is 0 Å². The van der Waals surface area contributed by atoms with Crippen LogP contribution >= 0.6 is 0 Å². The van der Waals surface area contributed by atoms with Gasteiger partial charge in [0.15, 0.2) is 0 Å². The first-order chi connectivity index (χ1) is 20.5. The van der Waals surface area contributed by atoms with Crippen molar-refractivity contribution in [2.45, 2.75) is 89.6 Å². The van der Waals surface area contributed by atoms with Gasteiger partial charge in [-0.25, -0.2) is 0 Å². The van der Waals surface area contributed by atoms with Crippen LogP contribution in [0, 0.1) is 11.8 Å². The second kappa shape index (κ2) is 14.3. The molecule has 1 aliphatic carbocycles. The van der Waals surface area contributed by atoms with Crippen molar-refractivity contribution in [3.63, 3.8) is 0 Å². The van der Waals surface area contributed by atoms with Crippen LogP contribution in [0.5, 0.6) is 0 Å². The zero-order valence-corrected chi connectivity index (χ0v) is 24.6. The van der Waals surface area contributed by atoms with Gasteiger partial charge in [-0.3, -0.25) is 4.79 Å². The first kappa shape index (κ1) is 30.2. The van der Waals surface area contributed by atoms with Gasteiger partial charge in [-0.2, -0.15) is 0 Å². The molecule has 4 aromatic rings. The molecule has 0 heterocycles. The summed E-state index contributed by atoms with van der Waals surface area (Å²) in [6.45, 7) is 2.39. The first-order valence-electron chi connectivity index (χ1n) is 15.6. The van der Waals surface area contributed by atoms with Gasteiger partial charge in [-0.1, -0.05) is 105 Å². The van der Waals surface area contributed by atoms with Crippen molar-refractivity contribution in [3.8, 4) is 0 Å². The van der Waals surface area contributed by atoms with E-state index in [4.69, 9.17) is 4.74 Å². The Morgan fingerprint density at radius 2 is 1.67 bits per heavy atom. The second-order valence-corrected chi connectivity index (χ2v) is 11.9. The predicted octanol–water partition coefficient (Wildman–Crippen LogP) is 7.60. The van der Waals surface area contributed by atoms with Gasteiger partial charge in [0.1, 0.15) is 6.61 Å². The molecule has 0 spiro atoms. The highest BCUT2D eigenvalue weighted by molar-refractivity contribution is 6.23. The minimum atomic E-state index is -0.597. The number of hydrogen-bond acceptors (Lipinski definition) is 5. The highest BCUT2D eigenvalue weighted by atomic mass is 16.5. The molecule has 1 saturated carbocycles. The molecule has 0 aromatic heterocycles. The van der Waals surface area contributed by atoms with E-state index in [9.17, 15) is 20.1 Å². The number of benzene rings is 4. The fourth-order valence-electron chi connectivity index (χ4n) is 6.55. The summed E-state index contributed by atoms with van der Waals surface area (Å²) in [5, 5.41) is 38.4. The largest absolute Gasteiger partial charge is 0.461 e. The number of carbonyl (C=O) groups is 1. The van der Waals surface area contributed by atoms with Crippen molar-refractivity contribution in [2.24, 2.45) is 11.8 Å². The fourth-order valence-corrected chi connectivity index (χ4v) is 6.55. The highest BCUT2D eigenvalue weighted by Gasteiger charge is 2.39. The SMILES string of the molecule is CCCCC[C@H](O)/C=C/[C@@H]1[C@@H](C/C=C\CCCC(=O)OCc2ccc3ccc4cccc5ccc2c3c45)[C@@H](O)C[C@@H]1O. The van der Waals surface area contributed by atoms with Gasteiger partial charge in [0.2, 0.25) is 0 Å². The molecule has 0 saturated heterocycles. The topological polar surface area (TPSA) is 87.0 Å². The lowest BCUT2D eigenvalue weighted by Gasteiger charge is -2.19. The molecule has 0 aliphatic heterocycles. The summed E-state index contributed by atoms with van der Waals surface area (Å²) in [6.07, 6.45) is 12.8. The number of allylic oxidation sites excluding steroid dienone is 2. The van der Waals surface area contributed by atoms with Crippen LogP contribution < -0.4 is 0 Å². The third-order valence-electron chi connectivity index (χ3n) is 8.91. The minimum absolute atomic E-state index is 0.0782. The Morgan fingerprint density at radius 3 is 2.45 bits per heavy atom. The lowest BCUT2D eigenvalue weighted by Crippen LogP contribution is -2.20.